The highest BCUT2D eigenvalue weighted by atomic mass is 32.1. The van der Waals surface area contributed by atoms with Gasteiger partial charge in [0, 0.05) is 0 Å². The summed E-state index contributed by atoms with van der Waals surface area (Å²) in [5.41, 5.74) is 2.15. The van der Waals surface area contributed by atoms with Crippen LogP contribution in [0, 0.1) is 12.8 Å². The average Bonchev–Trinajstić information content (AvgIpc) is 2.80. The monoisotopic (exact) mass is 289 g/mol. The van der Waals surface area contributed by atoms with E-state index < -0.39 is 0 Å². The molecule has 0 bridgehead atoms. The van der Waals surface area contributed by atoms with Crippen molar-refractivity contribution in [1.29, 1.82) is 0 Å². The van der Waals surface area contributed by atoms with E-state index >= 15 is 0 Å². The number of anilines is 1. The third-order valence-corrected chi connectivity index (χ3v) is 4.76. The molecule has 106 valence electrons. The van der Waals surface area contributed by atoms with E-state index in [1.165, 1.54) is 16.9 Å². The van der Waals surface area contributed by atoms with Crippen LogP contribution >= 0.6 is 11.3 Å². The van der Waals surface area contributed by atoms with Crippen LogP contribution in [0.5, 0.6) is 0 Å². The molecular weight excluding hydrogens is 270 g/mol. The van der Waals surface area contributed by atoms with Gasteiger partial charge in [0.1, 0.15) is 0 Å². The van der Waals surface area contributed by atoms with E-state index in [1.807, 2.05) is 12.1 Å². The summed E-state index contributed by atoms with van der Waals surface area (Å²) < 4.78 is 1.12. The van der Waals surface area contributed by atoms with E-state index in [2.05, 4.69) is 35.5 Å². The third kappa shape index (κ3) is 2.69. The lowest BCUT2D eigenvalue weighted by atomic mass is 9.92. The molecule has 1 aliphatic heterocycles. The molecule has 2 heterocycles. The zero-order valence-corrected chi connectivity index (χ0v) is 12.6. The normalized spacial score (nSPS) is 22.9. The number of thiazole rings is 1. The first-order valence-corrected chi connectivity index (χ1v) is 7.86. The van der Waals surface area contributed by atoms with Crippen LogP contribution in [0.25, 0.3) is 10.2 Å². The van der Waals surface area contributed by atoms with E-state index in [0.717, 1.165) is 29.6 Å². The lowest BCUT2D eigenvalue weighted by Crippen LogP contribution is -2.48. The Labute approximate surface area is 122 Å². The Morgan fingerprint density at radius 2 is 2.35 bits per heavy atom. The smallest absolute Gasteiger partial charge is 0.243 e. The molecule has 1 aromatic heterocycles. The van der Waals surface area contributed by atoms with Gasteiger partial charge in [-0.3, -0.25) is 4.79 Å². The van der Waals surface area contributed by atoms with Gasteiger partial charge in [-0.05, 0) is 49.9 Å². The third-order valence-electron chi connectivity index (χ3n) is 3.83. The van der Waals surface area contributed by atoms with Gasteiger partial charge in [0.05, 0.1) is 16.3 Å². The van der Waals surface area contributed by atoms with Crippen molar-refractivity contribution >= 4 is 32.6 Å². The number of carbonyl (C=O) groups excluding carboxylic acids is 1. The van der Waals surface area contributed by atoms with Gasteiger partial charge in [-0.25, -0.2) is 4.98 Å². The highest BCUT2D eigenvalue weighted by Crippen LogP contribution is 2.27. The first-order chi connectivity index (χ1) is 9.63. The van der Waals surface area contributed by atoms with Crippen LogP contribution < -0.4 is 10.6 Å². The molecule has 0 aliphatic carbocycles. The maximum Gasteiger partial charge on any atom is 0.243 e. The number of carbonyl (C=O) groups is 1. The van der Waals surface area contributed by atoms with Crippen molar-refractivity contribution in [3.05, 3.63) is 23.8 Å². The van der Waals surface area contributed by atoms with E-state index in [9.17, 15) is 4.79 Å². The van der Waals surface area contributed by atoms with Gasteiger partial charge in [-0.2, -0.15) is 0 Å². The molecule has 1 aliphatic rings. The lowest BCUT2D eigenvalue weighted by Gasteiger charge is -2.28. The Kier molecular flexibility index (Phi) is 3.72. The quantitative estimate of drug-likeness (QED) is 0.893. The van der Waals surface area contributed by atoms with Gasteiger partial charge >= 0.3 is 0 Å². The van der Waals surface area contributed by atoms with Crippen LogP contribution in [0.1, 0.15) is 25.3 Å². The summed E-state index contributed by atoms with van der Waals surface area (Å²) in [6.07, 6.45) is 2.25. The van der Waals surface area contributed by atoms with E-state index in [1.54, 1.807) is 0 Å². The number of hydrogen-bond acceptors (Lipinski definition) is 4. The molecule has 1 aromatic carbocycles. The number of fused-ring (bicyclic) bond motifs is 1. The fourth-order valence-electron chi connectivity index (χ4n) is 2.67. The van der Waals surface area contributed by atoms with Crippen LogP contribution in [0.2, 0.25) is 0 Å². The number of piperidine rings is 1. The molecule has 1 fully saturated rings. The maximum atomic E-state index is 12.3. The molecule has 0 saturated carbocycles. The van der Waals surface area contributed by atoms with E-state index in [0.29, 0.717) is 11.0 Å². The van der Waals surface area contributed by atoms with Crippen molar-refractivity contribution in [3.63, 3.8) is 0 Å². The van der Waals surface area contributed by atoms with E-state index in [-0.39, 0.29) is 11.9 Å². The average molecular weight is 289 g/mol. The molecule has 3 rings (SSSR count). The fraction of sp³-hybridized carbons (Fsp3) is 0.467. The van der Waals surface area contributed by atoms with Crippen LogP contribution in [-0.2, 0) is 4.79 Å². The predicted molar refractivity (Wildman–Crippen MR) is 83.2 cm³/mol. The minimum absolute atomic E-state index is 0.0352. The van der Waals surface area contributed by atoms with Gasteiger partial charge in [-0.1, -0.05) is 24.3 Å². The summed E-state index contributed by atoms with van der Waals surface area (Å²) in [5.74, 6) is 0.411. The molecule has 5 heteroatoms. The molecule has 0 spiro atoms. The van der Waals surface area contributed by atoms with Gasteiger partial charge in [0.25, 0.3) is 0 Å². The first kappa shape index (κ1) is 13.5. The Bertz CT molecular complexity index is 637. The topological polar surface area (TPSA) is 54.0 Å². The number of nitrogens with one attached hydrogen (secondary N) is 2. The zero-order valence-electron chi connectivity index (χ0n) is 11.8. The van der Waals surface area contributed by atoms with Crippen molar-refractivity contribution < 1.29 is 4.79 Å². The van der Waals surface area contributed by atoms with Crippen molar-refractivity contribution in [2.24, 2.45) is 5.92 Å². The number of amides is 1. The molecule has 4 nitrogen and oxygen atoms in total. The molecule has 2 atom stereocenters. The van der Waals surface area contributed by atoms with Gasteiger partial charge < -0.3 is 10.6 Å². The standard InChI is InChI=1S/C15H19N3OS/c1-9-5-6-11-12(8-9)20-15(17-11)18-14(19)13-10(2)4-3-7-16-13/h5-6,8,10,13,16H,3-4,7H2,1-2H3,(H,17,18,19). The van der Waals surface area contributed by atoms with Gasteiger partial charge in [0.15, 0.2) is 5.13 Å². The van der Waals surface area contributed by atoms with Gasteiger partial charge in [0.2, 0.25) is 5.91 Å². The number of hydrogen-bond donors (Lipinski definition) is 2. The first-order valence-electron chi connectivity index (χ1n) is 7.05. The van der Waals surface area contributed by atoms with Crippen LogP contribution in [0.15, 0.2) is 18.2 Å². The highest BCUT2D eigenvalue weighted by Gasteiger charge is 2.27. The molecule has 1 saturated heterocycles. The Morgan fingerprint density at radius 3 is 3.15 bits per heavy atom. The summed E-state index contributed by atoms with van der Waals surface area (Å²) in [6, 6.07) is 6.04. The second-order valence-corrected chi connectivity index (χ2v) is 6.56. The molecule has 0 radical (unpaired) electrons. The summed E-state index contributed by atoms with van der Waals surface area (Å²) in [7, 11) is 0. The summed E-state index contributed by atoms with van der Waals surface area (Å²) in [5, 5.41) is 6.94. The molecular formula is C15H19N3OS. The number of aromatic nitrogens is 1. The van der Waals surface area contributed by atoms with Crippen LogP contribution in [-0.4, -0.2) is 23.5 Å². The molecule has 20 heavy (non-hydrogen) atoms. The second-order valence-electron chi connectivity index (χ2n) is 5.53. The van der Waals surface area contributed by atoms with Crippen LogP contribution in [0.3, 0.4) is 0 Å². The number of aryl methyl sites for hydroxylation is 1. The highest BCUT2D eigenvalue weighted by molar-refractivity contribution is 7.22. The number of benzene rings is 1. The summed E-state index contributed by atoms with van der Waals surface area (Å²) in [6.45, 7) is 5.10. The molecule has 2 unspecified atom stereocenters. The number of rotatable bonds is 2. The van der Waals surface area contributed by atoms with Crippen LogP contribution in [0.4, 0.5) is 5.13 Å². The summed E-state index contributed by atoms with van der Waals surface area (Å²) >= 11 is 1.53. The number of nitrogens with zero attached hydrogens (tertiary/aromatic N) is 1. The van der Waals surface area contributed by atoms with Crippen molar-refractivity contribution in [2.45, 2.75) is 32.7 Å². The SMILES string of the molecule is Cc1ccc2nc(NC(=O)C3NCCCC3C)sc2c1. The summed E-state index contributed by atoms with van der Waals surface area (Å²) in [4.78, 5) is 16.8. The minimum Gasteiger partial charge on any atom is -0.306 e. The Balaban J connectivity index is 1.76. The molecule has 2 N–H and O–H groups in total. The second kappa shape index (κ2) is 5.50. The van der Waals surface area contributed by atoms with Gasteiger partial charge in [-0.15, -0.1) is 0 Å². The Morgan fingerprint density at radius 1 is 1.50 bits per heavy atom. The lowest BCUT2D eigenvalue weighted by molar-refractivity contribution is -0.119. The molecule has 2 aromatic rings. The fourth-order valence-corrected chi connectivity index (χ4v) is 3.64. The zero-order chi connectivity index (χ0) is 14.1. The Hall–Kier alpha value is -1.46. The minimum atomic E-state index is -0.0995. The molecule has 1 amide bonds. The van der Waals surface area contributed by atoms with E-state index in [4.69, 9.17) is 0 Å². The van der Waals surface area contributed by atoms with Crippen molar-refractivity contribution in [3.8, 4) is 0 Å². The predicted octanol–water partition coefficient (Wildman–Crippen LogP) is 2.93. The van der Waals surface area contributed by atoms with Crippen molar-refractivity contribution in [2.75, 3.05) is 11.9 Å². The maximum absolute atomic E-state index is 12.3. The largest absolute Gasteiger partial charge is 0.306 e. The van der Waals surface area contributed by atoms with Crippen molar-refractivity contribution in [1.82, 2.24) is 10.3 Å².